The van der Waals surface area contributed by atoms with Gasteiger partial charge >= 0.3 is 12.0 Å². The van der Waals surface area contributed by atoms with E-state index in [0.29, 0.717) is 12.2 Å². The Morgan fingerprint density at radius 2 is 2.20 bits per heavy atom. The highest BCUT2D eigenvalue weighted by Crippen LogP contribution is 2.25. The molecule has 0 aliphatic heterocycles. The van der Waals surface area contributed by atoms with Gasteiger partial charge in [0.25, 0.3) is 0 Å². The molecule has 3 N–H and O–H groups in total. The topological polar surface area (TPSA) is 87.7 Å². The maximum atomic E-state index is 11.8. The van der Waals surface area contributed by atoms with E-state index in [9.17, 15) is 9.59 Å². The molecule has 0 radical (unpaired) electrons. The number of hydrogen-bond donors (Lipinski definition) is 3. The molecule has 0 aromatic heterocycles. The molecule has 0 spiro atoms. The summed E-state index contributed by atoms with van der Waals surface area (Å²) < 4.78 is 5.06. The normalized spacial score (nSPS) is 11.1. The Bertz CT molecular complexity index is 549. The molecule has 1 rings (SSSR count). The van der Waals surface area contributed by atoms with Crippen LogP contribution in [0.1, 0.15) is 23.7 Å². The van der Waals surface area contributed by atoms with Gasteiger partial charge in [0.1, 0.15) is 5.75 Å². The summed E-state index contributed by atoms with van der Waals surface area (Å²) in [5.74, 6) is 1.70. The van der Waals surface area contributed by atoms with Crippen molar-refractivity contribution in [1.82, 2.24) is 5.32 Å². The van der Waals surface area contributed by atoms with Crippen LogP contribution in [-0.4, -0.2) is 30.3 Å². The van der Waals surface area contributed by atoms with Crippen LogP contribution < -0.4 is 15.4 Å². The van der Waals surface area contributed by atoms with Gasteiger partial charge in [-0.05, 0) is 24.6 Å². The number of methoxy groups -OCH3 is 1. The lowest BCUT2D eigenvalue weighted by atomic mass is 10.2. The third-order valence-electron chi connectivity index (χ3n) is 2.61. The number of hydrogen-bond acceptors (Lipinski definition) is 3. The molecule has 1 unspecified atom stereocenters. The van der Waals surface area contributed by atoms with Crippen LogP contribution >= 0.6 is 0 Å². The van der Waals surface area contributed by atoms with Gasteiger partial charge in [-0.3, -0.25) is 0 Å². The molecule has 1 atom stereocenters. The molecule has 0 bridgehead atoms. The number of carbonyl (C=O) groups is 2. The zero-order chi connectivity index (χ0) is 15.1. The van der Waals surface area contributed by atoms with Gasteiger partial charge in [0.2, 0.25) is 0 Å². The molecular formula is C14H16N2O4. The summed E-state index contributed by atoms with van der Waals surface area (Å²) >= 11 is 0. The van der Waals surface area contributed by atoms with E-state index < -0.39 is 12.0 Å². The van der Waals surface area contributed by atoms with Crippen molar-refractivity contribution in [3.8, 4) is 18.1 Å². The van der Waals surface area contributed by atoms with Crippen LogP contribution in [0.25, 0.3) is 0 Å². The Kier molecular flexibility index (Phi) is 5.42. The minimum atomic E-state index is -1.09. The van der Waals surface area contributed by atoms with Gasteiger partial charge in [0.05, 0.1) is 24.4 Å². The maximum absolute atomic E-state index is 11.8. The van der Waals surface area contributed by atoms with Crippen molar-refractivity contribution in [3.63, 3.8) is 0 Å². The van der Waals surface area contributed by atoms with Crippen LogP contribution in [-0.2, 0) is 0 Å². The van der Waals surface area contributed by atoms with E-state index in [1.807, 2.05) is 6.92 Å². The Morgan fingerprint density at radius 1 is 1.50 bits per heavy atom. The lowest BCUT2D eigenvalue weighted by Crippen LogP contribution is -2.36. The lowest BCUT2D eigenvalue weighted by molar-refractivity contribution is 0.0697. The molecule has 20 heavy (non-hydrogen) atoms. The highest BCUT2D eigenvalue weighted by molar-refractivity contribution is 5.95. The summed E-state index contributed by atoms with van der Waals surface area (Å²) in [6.07, 6.45) is 5.84. The zero-order valence-electron chi connectivity index (χ0n) is 11.3. The van der Waals surface area contributed by atoms with E-state index in [4.69, 9.17) is 16.3 Å². The molecular weight excluding hydrogens is 260 g/mol. The monoisotopic (exact) mass is 276 g/mol. The smallest absolute Gasteiger partial charge is 0.335 e. The van der Waals surface area contributed by atoms with Crippen LogP contribution in [0.3, 0.4) is 0 Å². The minimum absolute atomic E-state index is 0.0464. The fourth-order valence-corrected chi connectivity index (χ4v) is 1.52. The zero-order valence-corrected chi connectivity index (χ0v) is 11.3. The van der Waals surface area contributed by atoms with Crippen molar-refractivity contribution in [2.45, 2.75) is 19.4 Å². The molecule has 0 fully saturated rings. The van der Waals surface area contributed by atoms with Crippen LogP contribution in [0.5, 0.6) is 5.75 Å². The van der Waals surface area contributed by atoms with Crippen molar-refractivity contribution < 1.29 is 19.4 Å². The first kappa shape index (κ1) is 15.4. The molecule has 106 valence electrons. The van der Waals surface area contributed by atoms with E-state index in [-0.39, 0.29) is 17.3 Å². The van der Waals surface area contributed by atoms with Crippen molar-refractivity contribution >= 4 is 17.7 Å². The Labute approximate surface area is 117 Å². The first-order chi connectivity index (χ1) is 9.51. The Hall–Kier alpha value is -2.68. The summed E-state index contributed by atoms with van der Waals surface area (Å²) in [5.41, 5.74) is 0.307. The summed E-state index contributed by atoms with van der Waals surface area (Å²) in [4.78, 5) is 22.7. The number of aromatic carboxylic acids is 1. The second-order valence-corrected chi connectivity index (χ2v) is 3.95. The van der Waals surface area contributed by atoms with Gasteiger partial charge in [-0.1, -0.05) is 12.8 Å². The van der Waals surface area contributed by atoms with Gasteiger partial charge in [-0.2, -0.15) is 0 Å². The maximum Gasteiger partial charge on any atom is 0.335 e. The standard InChI is InChI=1S/C14H16N2O4/c1-4-10(5-2)15-14(19)16-11-8-9(13(17)18)6-7-12(11)20-3/h1,6-8,10H,5H2,2-3H3,(H,17,18)(H2,15,16,19). The van der Waals surface area contributed by atoms with Gasteiger partial charge < -0.3 is 20.5 Å². The minimum Gasteiger partial charge on any atom is -0.495 e. The van der Waals surface area contributed by atoms with Crippen LogP contribution in [0, 0.1) is 12.3 Å². The number of nitrogens with one attached hydrogen (secondary N) is 2. The average molecular weight is 276 g/mol. The van der Waals surface area contributed by atoms with E-state index in [1.165, 1.54) is 25.3 Å². The average Bonchev–Trinajstić information content (AvgIpc) is 2.44. The molecule has 0 heterocycles. The first-order valence-electron chi connectivity index (χ1n) is 5.96. The van der Waals surface area contributed by atoms with E-state index in [2.05, 4.69) is 16.6 Å². The molecule has 2 amide bonds. The van der Waals surface area contributed by atoms with E-state index >= 15 is 0 Å². The number of anilines is 1. The number of amides is 2. The molecule has 0 saturated carbocycles. The number of carbonyl (C=O) groups excluding carboxylic acids is 1. The third kappa shape index (κ3) is 3.92. The second kappa shape index (κ2) is 7.04. The third-order valence-corrected chi connectivity index (χ3v) is 2.61. The van der Waals surface area contributed by atoms with Gasteiger partial charge in [-0.15, -0.1) is 6.42 Å². The predicted octanol–water partition coefficient (Wildman–Crippen LogP) is 1.93. The van der Waals surface area contributed by atoms with Gasteiger partial charge in [0.15, 0.2) is 0 Å². The molecule has 6 heteroatoms. The van der Waals surface area contributed by atoms with Gasteiger partial charge in [-0.25, -0.2) is 9.59 Å². The second-order valence-electron chi connectivity index (χ2n) is 3.95. The van der Waals surface area contributed by atoms with Crippen LogP contribution in [0.15, 0.2) is 18.2 Å². The molecule has 0 saturated heterocycles. The summed E-state index contributed by atoms with van der Waals surface area (Å²) in [7, 11) is 1.43. The Balaban J connectivity index is 2.90. The summed E-state index contributed by atoms with van der Waals surface area (Å²) in [6.45, 7) is 1.84. The van der Waals surface area contributed by atoms with Crippen molar-refractivity contribution in [1.29, 1.82) is 0 Å². The molecule has 1 aromatic rings. The number of terminal acetylenes is 1. The van der Waals surface area contributed by atoms with Crippen molar-refractivity contribution in [2.75, 3.05) is 12.4 Å². The summed E-state index contributed by atoms with van der Waals surface area (Å²) in [5, 5.41) is 14.0. The fourth-order valence-electron chi connectivity index (χ4n) is 1.52. The molecule has 1 aromatic carbocycles. The van der Waals surface area contributed by atoms with Gasteiger partial charge in [0, 0.05) is 0 Å². The van der Waals surface area contributed by atoms with E-state index in [0.717, 1.165) is 0 Å². The van der Waals surface area contributed by atoms with Crippen molar-refractivity contribution in [2.24, 2.45) is 0 Å². The number of benzene rings is 1. The highest BCUT2D eigenvalue weighted by Gasteiger charge is 2.13. The number of rotatable bonds is 5. The molecule has 0 aliphatic rings. The SMILES string of the molecule is C#CC(CC)NC(=O)Nc1cc(C(=O)O)ccc1OC. The van der Waals surface area contributed by atoms with Crippen molar-refractivity contribution in [3.05, 3.63) is 23.8 Å². The quantitative estimate of drug-likeness (QED) is 0.717. The van der Waals surface area contributed by atoms with Crippen LogP contribution in [0.2, 0.25) is 0 Å². The van der Waals surface area contributed by atoms with Crippen LogP contribution in [0.4, 0.5) is 10.5 Å². The Morgan fingerprint density at radius 3 is 2.70 bits per heavy atom. The number of urea groups is 1. The lowest BCUT2D eigenvalue weighted by Gasteiger charge is -2.14. The number of ether oxygens (including phenoxy) is 1. The largest absolute Gasteiger partial charge is 0.495 e. The predicted molar refractivity (Wildman–Crippen MR) is 75.0 cm³/mol. The number of carboxylic acids is 1. The molecule has 6 nitrogen and oxygen atoms in total. The summed E-state index contributed by atoms with van der Waals surface area (Å²) in [6, 6.07) is 3.27. The highest BCUT2D eigenvalue weighted by atomic mass is 16.5. The van der Waals surface area contributed by atoms with E-state index in [1.54, 1.807) is 0 Å². The molecule has 0 aliphatic carbocycles. The first-order valence-corrected chi connectivity index (χ1v) is 5.96. The fraction of sp³-hybridized carbons (Fsp3) is 0.286. The number of carboxylic acid groups (broad SMARTS) is 1.